The van der Waals surface area contributed by atoms with Crippen LogP contribution >= 0.6 is 0 Å². The number of hydrogen-bond donors (Lipinski definition) is 2. The molecule has 0 radical (unpaired) electrons. The van der Waals surface area contributed by atoms with Gasteiger partial charge in [0.1, 0.15) is 0 Å². The second kappa shape index (κ2) is 7.09. The Balaban J connectivity index is 1.86. The maximum Gasteiger partial charge on any atom is 0.239 e. The van der Waals surface area contributed by atoms with Crippen LogP contribution in [0.25, 0.3) is 0 Å². The lowest BCUT2D eigenvalue weighted by Gasteiger charge is -2.09. The van der Waals surface area contributed by atoms with Gasteiger partial charge in [-0.15, -0.1) is 0 Å². The van der Waals surface area contributed by atoms with E-state index in [1.807, 2.05) is 30.3 Å². The lowest BCUT2D eigenvalue weighted by molar-refractivity contribution is -0.119. The van der Waals surface area contributed by atoms with Crippen LogP contribution in [-0.2, 0) is 21.2 Å². The highest BCUT2D eigenvalue weighted by Gasteiger charge is 2.08. The molecule has 0 unspecified atom stereocenters. The molecule has 116 valence electrons. The molecular formula is C16H18N2O3S. The van der Waals surface area contributed by atoms with Gasteiger partial charge in [0.15, 0.2) is 9.84 Å². The zero-order valence-electron chi connectivity index (χ0n) is 12.2. The summed E-state index contributed by atoms with van der Waals surface area (Å²) in [5.41, 5.74) is 1.62. The fourth-order valence-corrected chi connectivity index (χ4v) is 2.54. The lowest BCUT2D eigenvalue weighted by Crippen LogP contribution is -2.29. The van der Waals surface area contributed by atoms with Crippen LogP contribution < -0.4 is 10.6 Å². The van der Waals surface area contributed by atoms with E-state index >= 15 is 0 Å². The predicted octanol–water partition coefficient (Wildman–Crippen LogP) is 1.82. The van der Waals surface area contributed by atoms with Crippen molar-refractivity contribution in [1.29, 1.82) is 0 Å². The van der Waals surface area contributed by atoms with Crippen molar-refractivity contribution in [3.63, 3.8) is 0 Å². The first-order valence-electron chi connectivity index (χ1n) is 6.80. The van der Waals surface area contributed by atoms with Gasteiger partial charge in [0.25, 0.3) is 0 Å². The van der Waals surface area contributed by atoms with Gasteiger partial charge in [-0.25, -0.2) is 8.42 Å². The van der Waals surface area contributed by atoms with E-state index in [0.717, 1.165) is 11.8 Å². The second-order valence-corrected chi connectivity index (χ2v) is 6.93. The molecule has 6 heteroatoms. The Hall–Kier alpha value is -2.34. The van der Waals surface area contributed by atoms with Crippen molar-refractivity contribution in [1.82, 2.24) is 5.32 Å². The molecular weight excluding hydrogens is 300 g/mol. The van der Waals surface area contributed by atoms with Crippen LogP contribution in [0.15, 0.2) is 59.5 Å². The van der Waals surface area contributed by atoms with E-state index in [0.29, 0.717) is 12.2 Å². The molecule has 0 atom stereocenters. The van der Waals surface area contributed by atoms with Crippen molar-refractivity contribution in [2.45, 2.75) is 11.4 Å². The Morgan fingerprint density at radius 3 is 2.45 bits per heavy atom. The summed E-state index contributed by atoms with van der Waals surface area (Å²) in [4.78, 5) is 12.0. The largest absolute Gasteiger partial charge is 0.376 e. The molecule has 0 aromatic heterocycles. The molecule has 0 fully saturated rings. The summed E-state index contributed by atoms with van der Waals surface area (Å²) in [6.45, 7) is 0.546. The van der Waals surface area contributed by atoms with Gasteiger partial charge in [-0.1, -0.05) is 36.4 Å². The number of anilines is 1. The Morgan fingerprint density at radius 1 is 1.05 bits per heavy atom. The van der Waals surface area contributed by atoms with Crippen molar-refractivity contribution < 1.29 is 13.2 Å². The van der Waals surface area contributed by atoms with Gasteiger partial charge in [-0.2, -0.15) is 0 Å². The third-order valence-electron chi connectivity index (χ3n) is 3.05. The average molecular weight is 318 g/mol. The fourth-order valence-electron chi connectivity index (χ4n) is 1.88. The first-order chi connectivity index (χ1) is 10.4. The number of carbonyl (C=O) groups is 1. The SMILES string of the molecule is CS(=O)(=O)c1cccc(NCC(=O)NCc2ccccc2)c1. The van der Waals surface area contributed by atoms with Crippen molar-refractivity contribution >= 4 is 21.4 Å². The highest BCUT2D eigenvalue weighted by molar-refractivity contribution is 7.90. The van der Waals surface area contributed by atoms with Gasteiger partial charge in [-0.05, 0) is 23.8 Å². The number of amides is 1. The van der Waals surface area contributed by atoms with Gasteiger partial charge >= 0.3 is 0 Å². The predicted molar refractivity (Wildman–Crippen MR) is 86.3 cm³/mol. The molecule has 22 heavy (non-hydrogen) atoms. The van der Waals surface area contributed by atoms with E-state index < -0.39 is 9.84 Å². The van der Waals surface area contributed by atoms with E-state index in [9.17, 15) is 13.2 Å². The third-order valence-corrected chi connectivity index (χ3v) is 4.16. The van der Waals surface area contributed by atoms with Gasteiger partial charge in [-0.3, -0.25) is 4.79 Å². The Bertz CT molecular complexity index is 743. The maximum atomic E-state index is 11.8. The summed E-state index contributed by atoms with van der Waals surface area (Å²) in [5, 5.41) is 5.71. The third kappa shape index (κ3) is 4.89. The monoisotopic (exact) mass is 318 g/mol. The summed E-state index contributed by atoms with van der Waals surface area (Å²) in [5.74, 6) is -0.159. The zero-order valence-corrected chi connectivity index (χ0v) is 13.1. The summed E-state index contributed by atoms with van der Waals surface area (Å²) < 4.78 is 23.0. The zero-order chi connectivity index (χ0) is 16.0. The van der Waals surface area contributed by atoms with Crippen LogP contribution in [0.1, 0.15) is 5.56 Å². The standard InChI is InChI=1S/C16H18N2O3S/c1-22(20,21)15-9-5-8-14(10-15)17-12-16(19)18-11-13-6-3-2-4-7-13/h2-10,17H,11-12H2,1H3,(H,18,19). The second-order valence-electron chi connectivity index (χ2n) is 4.92. The number of nitrogens with one attached hydrogen (secondary N) is 2. The van der Waals surface area contributed by atoms with Crippen molar-refractivity contribution in [2.24, 2.45) is 0 Å². The minimum absolute atomic E-state index is 0.0834. The minimum atomic E-state index is -3.25. The highest BCUT2D eigenvalue weighted by atomic mass is 32.2. The molecule has 5 nitrogen and oxygen atoms in total. The van der Waals surface area contributed by atoms with Crippen LogP contribution in [0, 0.1) is 0 Å². The van der Waals surface area contributed by atoms with Gasteiger partial charge in [0.05, 0.1) is 11.4 Å². The van der Waals surface area contributed by atoms with E-state index in [-0.39, 0.29) is 17.3 Å². The smallest absolute Gasteiger partial charge is 0.239 e. The van der Waals surface area contributed by atoms with E-state index in [1.165, 1.54) is 12.1 Å². The van der Waals surface area contributed by atoms with Crippen LogP contribution in [0.3, 0.4) is 0 Å². The van der Waals surface area contributed by atoms with E-state index in [4.69, 9.17) is 0 Å². The molecule has 2 rings (SSSR count). The van der Waals surface area contributed by atoms with Crippen LogP contribution in [0.4, 0.5) is 5.69 Å². The molecule has 1 amide bonds. The quantitative estimate of drug-likeness (QED) is 0.852. The normalized spacial score (nSPS) is 11.0. The summed E-state index contributed by atoms with van der Waals surface area (Å²) in [6, 6.07) is 16.0. The van der Waals surface area contributed by atoms with Crippen molar-refractivity contribution in [3.8, 4) is 0 Å². The summed E-state index contributed by atoms with van der Waals surface area (Å²) in [7, 11) is -3.25. The Morgan fingerprint density at radius 2 is 1.77 bits per heavy atom. The van der Waals surface area contributed by atoms with E-state index in [1.54, 1.807) is 12.1 Å². The molecule has 0 aliphatic rings. The maximum absolute atomic E-state index is 11.8. The highest BCUT2D eigenvalue weighted by Crippen LogP contribution is 2.14. The summed E-state index contributed by atoms with van der Waals surface area (Å²) >= 11 is 0. The van der Waals surface area contributed by atoms with Gasteiger partial charge < -0.3 is 10.6 Å². The topological polar surface area (TPSA) is 75.3 Å². The van der Waals surface area contributed by atoms with Gasteiger partial charge in [0, 0.05) is 18.5 Å². The summed E-state index contributed by atoms with van der Waals surface area (Å²) in [6.07, 6.45) is 1.15. The molecule has 2 aromatic carbocycles. The molecule has 0 saturated carbocycles. The van der Waals surface area contributed by atoms with E-state index in [2.05, 4.69) is 10.6 Å². The molecule has 0 aliphatic heterocycles. The number of hydrogen-bond acceptors (Lipinski definition) is 4. The van der Waals surface area contributed by atoms with Crippen molar-refractivity contribution in [3.05, 3.63) is 60.2 Å². The fraction of sp³-hybridized carbons (Fsp3) is 0.188. The number of sulfone groups is 1. The first kappa shape index (κ1) is 16.0. The minimum Gasteiger partial charge on any atom is -0.376 e. The lowest BCUT2D eigenvalue weighted by atomic mass is 10.2. The van der Waals surface area contributed by atoms with Crippen LogP contribution in [-0.4, -0.2) is 27.1 Å². The number of benzene rings is 2. The molecule has 0 heterocycles. The van der Waals surface area contributed by atoms with Crippen LogP contribution in [0.2, 0.25) is 0 Å². The molecule has 2 aromatic rings. The average Bonchev–Trinajstić information content (AvgIpc) is 2.51. The molecule has 2 N–H and O–H groups in total. The molecule has 0 spiro atoms. The van der Waals surface area contributed by atoms with Gasteiger partial charge in [0.2, 0.25) is 5.91 Å². The molecule has 0 bridgehead atoms. The Labute approximate surface area is 130 Å². The van der Waals surface area contributed by atoms with Crippen molar-refractivity contribution in [2.75, 3.05) is 18.1 Å². The number of carbonyl (C=O) groups excluding carboxylic acids is 1. The first-order valence-corrected chi connectivity index (χ1v) is 8.69. The van der Waals surface area contributed by atoms with Crippen LogP contribution in [0.5, 0.6) is 0 Å². The molecule has 0 saturated heterocycles. The number of rotatable bonds is 6. The molecule has 0 aliphatic carbocycles. The Kier molecular flexibility index (Phi) is 5.16.